The van der Waals surface area contributed by atoms with Gasteiger partial charge in [0.05, 0.1) is 12.1 Å². The first-order valence-electron chi connectivity index (χ1n) is 9.86. The Kier molecular flexibility index (Phi) is 4.45. The molecular formula is C25H21N3O. The minimum Gasteiger partial charge on any atom is -0.308 e. The van der Waals surface area contributed by atoms with Crippen LogP contribution in [0.15, 0.2) is 91.1 Å². The van der Waals surface area contributed by atoms with Gasteiger partial charge in [0.15, 0.2) is 0 Å². The van der Waals surface area contributed by atoms with E-state index in [9.17, 15) is 4.79 Å². The van der Waals surface area contributed by atoms with Gasteiger partial charge in [0.2, 0.25) is 0 Å². The summed E-state index contributed by atoms with van der Waals surface area (Å²) in [5, 5.41) is 4.79. The van der Waals surface area contributed by atoms with Gasteiger partial charge in [0.25, 0.3) is 5.91 Å². The van der Waals surface area contributed by atoms with Crippen LogP contribution in [0.5, 0.6) is 0 Å². The second-order valence-corrected chi connectivity index (χ2v) is 7.28. The lowest BCUT2D eigenvalue weighted by Gasteiger charge is -2.17. The summed E-state index contributed by atoms with van der Waals surface area (Å²) in [5.41, 5.74) is 5.71. The third-order valence-electron chi connectivity index (χ3n) is 5.36. The van der Waals surface area contributed by atoms with Gasteiger partial charge in [-0.15, -0.1) is 0 Å². The Labute approximate surface area is 170 Å². The Hall–Kier alpha value is -3.66. The fourth-order valence-electron chi connectivity index (χ4n) is 3.93. The Bertz CT molecular complexity index is 1150. The highest BCUT2D eigenvalue weighted by molar-refractivity contribution is 6.10. The minimum absolute atomic E-state index is 0.00751. The molecule has 1 aliphatic heterocycles. The van der Waals surface area contributed by atoms with E-state index in [-0.39, 0.29) is 5.91 Å². The quantitative estimate of drug-likeness (QED) is 0.511. The van der Waals surface area contributed by atoms with Crippen molar-refractivity contribution in [1.82, 2.24) is 9.78 Å². The molecule has 29 heavy (non-hydrogen) atoms. The van der Waals surface area contributed by atoms with Crippen molar-refractivity contribution in [3.63, 3.8) is 0 Å². The van der Waals surface area contributed by atoms with Crippen molar-refractivity contribution in [2.24, 2.45) is 0 Å². The largest absolute Gasteiger partial charge is 0.308 e. The SMILES string of the molecule is O=C(c1cn(Cc2ccccc2)nc1-c1ccccc1)N1CCc2ccccc21. The van der Waals surface area contributed by atoms with Crippen molar-refractivity contribution in [3.05, 3.63) is 108 Å². The first kappa shape index (κ1) is 17.4. The number of para-hydroxylation sites is 1. The third kappa shape index (κ3) is 3.34. The molecule has 0 radical (unpaired) electrons. The normalized spacial score (nSPS) is 12.8. The summed E-state index contributed by atoms with van der Waals surface area (Å²) in [6.07, 6.45) is 2.78. The van der Waals surface area contributed by atoms with E-state index in [1.807, 2.05) is 82.5 Å². The van der Waals surface area contributed by atoms with Gasteiger partial charge in [-0.25, -0.2) is 0 Å². The van der Waals surface area contributed by atoms with Crippen LogP contribution in [-0.2, 0) is 13.0 Å². The summed E-state index contributed by atoms with van der Waals surface area (Å²) in [4.78, 5) is 15.4. The lowest BCUT2D eigenvalue weighted by molar-refractivity contribution is 0.0990. The average Bonchev–Trinajstić information content (AvgIpc) is 3.39. The zero-order valence-corrected chi connectivity index (χ0v) is 16.0. The molecule has 2 heterocycles. The average molecular weight is 379 g/mol. The van der Waals surface area contributed by atoms with Crippen LogP contribution in [0.1, 0.15) is 21.5 Å². The maximum atomic E-state index is 13.5. The minimum atomic E-state index is 0.00751. The lowest BCUT2D eigenvalue weighted by Crippen LogP contribution is -2.29. The summed E-state index contributed by atoms with van der Waals surface area (Å²) < 4.78 is 1.87. The number of anilines is 1. The van der Waals surface area contributed by atoms with Crippen LogP contribution in [0.3, 0.4) is 0 Å². The standard InChI is InChI=1S/C25H21N3O/c29-25(28-16-15-20-11-7-8-14-23(20)28)22-18-27(17-19-9-3-1-4-10-19)26-24(22)21-12-5-2-6-13-21/h1-14,18H,15-17H2. The number of nitrogens with zero attached hydrogens (tertiary/aromatic N) is 3. The van der Waals surface area contributed by atoms with Crippen molar-refractivity contribution in [3.8, 4) is 11.3 Å². The molecule has 0 saturated heterocycles. The fourth-order valence-corrected chi connectivity index (χ4v) is 3.93. The molecule has 0 N–H and O–H groups in total. The summed E-state index contributed by atoms with van der Waals surface area (Å²) in [7, 11) is 0. The maximum Gasteiger partial charge on any atom is 0.262 e. The molecule has 4 nitrogen and oxygen atoms in total. The van der Waals surface area contributed by atoms with Crippen LogP contribution in [0.4, 0.5) is 5.69 Å². The van der Waals surface area contributed by atoms with Crippen LogP contribution in [0, 0.1) is 0 Å². The van der Waals surface area contributed by atoms with E-state index in [1.165, 1.54) is 5.56 Å². The third-order valence-corrected chi connectivity index (χ3v) is 5.36. The van der Waals surface area contributed by atoms with E-state index in [0.29, 0.717) is 18.7 Å². The molecule has 1 amide bonds. The van der Waals surface area contributed by atoms with Gasteiger partial charge in [-0.05, 0) is 23.6 Å². The van der Waals surface area contributed by atoms with E-state index in [2.05, 4.69) is 18.2 Å². The number of carbonyl (C=O) groups excluding carboxylic acids is 1. The summed E-state index contributed by atoms with van der Waals surface area (Å²) in [6.45, 7) is 1.33. The van der Waals surface area contributed by atoms with Crippen LogP contribution in [-0.4, -0.2) is 22.2 Å². The predicted molar refractivity (Wildman–Crippen MR) is 115 cm³/mol. The fraction of sp³-hybridized carbons (Fsp3) is 0.120. The van der Waals surface area contributed by atoms with Gasteiger partial charge < -0.3 is 4.90 Å². The molecule has 1 aliphatic rings. The molecule has 0 bridgehead atoms. The zero-order valence-electron chi connectivity index (χ0n) is 16.0. The Morgan fingerprint density at radius 1 is 0.862 bits per heavy atom. The van der Waals surface area contributed by atoms with E-state index < -0.39 is 0 Å². The smallest absolute Gasteiger partial charge is 0.262 e. The summed E-state index contributed by atoms with van der Waals surface area (Å²) in [6, 6.07) is 28.3. The molecule has 0 aliphatic carbocycles. The van der Waals surface area contributed by atoms with Gasteiger partial charge >= 0.3 is 0 Å². The molecule has 4 aromatic rings. The number of hydrogen-bond acceptors (Lipinski definition) is 2. The molecular weight excluding hydrogens is 358 g/mol. The monoisotopic (exact) mass is 379 g/mol. The second kappa shape index (κ2) is 7.40. The molecule has 0 saturated carbocycles. The number of carbonyl (C=O) groups is 1. The van der Waals surface area contributed by atoms with Gasteiger partial charge in [-0.2, -0.15) is 5.10 Å². The van der Waals surface area contributed by atoms with Gasteiger partial charge in [0, 0.05) is 24.0 Å². The van der Waals surface area contributed by atoms with Crippen molar-refractivity contribution >= 4 is 11.6 Å². The highest BCUT2D eigenvalue weighted by Gasteiger charge is 2.28. The summed E-state index contributed by atoms with van der Waals surface area (Å²) in [5.74, 6) is 0.00751. The van der Waals surface area contributed by atoms with Crippen LogP contribution < -0.4 is 4.90 Å². The van der Waals surface area contributed by atoms with Crippen LogP contribution in [0.25, 0.3) is 11.3 Å². The molecule has 0 unspecified atom stereocenters. The van der Waals surface area contributed by atoms with Gasteiger partial charge in [0.1, 0.15) is 5.69 Å². The van der Waals surface area contributed by atoms with E-state index in [4.69, 9.17) is 5.10 Å². The van der Waals surface area contributed by atoms with Crippen molar-refractivity contribution < 1.29 is 4.79 Å². The molecule has 1 aromatic heterocycles. The van der Waals surface area contributed by atoms with Crippen LogP contribution >= 0.6 is 0 Å². The Morgan fingerprint density at radius 2 is 1.55 bits per heavy atom. The highest BCUT2D eigenvalue weighted by Crippen LogP contribution is 2.31. The first-order chi connectivity index (χ1) is 14.3. The molecule has 3 aromatic carbocycles. The van der Waals surface area contributed by atoms with Gasteiger partial charge in [-0.3, -0.25) is 9.48 Å². The number of hydrogen-bond donors (Lipinski definition) is 0. The number of benzene rings is 3. The Balaban J connectivity index is 1.55. The van der Waals surface area contributed by atoms with Crippen molar-refractivity contribution in [2.75, 3.05) is 11.4 Å². The number of rotatable bonds is 4. The molecule has 5 rings (SSSR count). The Morgan fingerprint density at radius 3 is 2.34 bits per heavy atom. The molecule has 142 valence electrons. The lowest BCUT2D eigenvalue weighted by atomic mass is 10.1. The van der Waals surface area contributed by atoms with E-state index in [0.717, 1.165) is 28.9 Å². The maximum absolute atomic E-state index is 13.5. The number of amides is 1. The highest BCUT2D eigenvalue weighted by atomic mass is 16.2. The zero-order chi connectivity index (χ0) is 19.6. The number of aromatic nitrogens is 2. The van der Waals surface area contributed by atoms with E-state index in [1.54, 1.807) is 0 Å². The van der Waals surface area contributed by atoms with E-state index >= 15 is 0 Å². The van der Waals surface area contributed by atoms with Crippen molar-refractivity contribution in [1.29, 1.82) is 0 Å². The topological polar surface area (TPSA) is 38.1 Å². The van der Waals surface area contributed by atoms with Crippen LogP contribution in [0.2, 0.25) is 0 Å². The molecule has 0 fully saturated rings. The predicted octanol–water partition coefficient (Wildman–Crippen LogP) is 4.80. The summed E-state index contributed by atoms with van der Waals surface area (Å²) >= 11 is 0. The van der Waals surface area contributed by atoms with Gasteiger partial charge in [-0.1, -0.05) is 78.9 Å². The molecule has 0 spiro atoms. The first-order valence-corrected chi connectivity index (χ1v) is 9.86. The second-order valence-electron chi connectivity index (χ2n) is 7.28. The van der Waals surface area contributed by atoms with Crippen molar-refractivity contribution in [2.45, 2.75) is 13.0 Å². The molecule has 4 heteroatoms. The number of fused-ring (bicyclic) bond motifs is 1. The molecule has 0 atom stereocenters.